The van der Waals surface area contributed by atoms with Crippen molar-refractivity contribution in [1.29, 1.82) is 0 Å². The molecule has 0 aliphatic carbocycles. The third-order valence-corrected chi connectivity index (χ3v) is 5.44. The predicted octanol–water partition coefficient (Wildman–Crippen LogP) is 0.546. The Kier molecular flexibility index (Phi) is 4.13. The molecule has 1 unspecified atom stereocenters. The average molecular weight is 288 g/mol. The maximum Gasteiger partial charge on any atom is 0.329 e. The molecular weight excluding hydrogens is 268 g/mol. The van der Waals surface area contributed by atoms with Gasteiger partial charge in [0.1, 0.15) is 5.54 Å². The van der Waals surface area contributed by atoms with Crippen LogP contribution in [0.4, 0.5) is 4.79 Å². The van der Waals surface area contributed by atoms with E-state index in [4.69, 9.17) is 0 Å². The van der Waals surface area contributed by atoms with Crippen molar-refractivity contribution in [2.24, 2.45) is 0 Å². The van der Waals surface area contributed by atoms with Gasteiger partial charge in [-0.15, -0.1) is 0 Å². The highest BCUT2D eigenvalue weighted by molar-refractivity contribution is 7.85. The number of urea groups is 1. The fourth-order valence-corrected chi connectivity index (χ4v) is 4.00. The summed E-state index contributed by atoms with van der Waals surface area (Å²) in [4.78, 5) is 24.9. The molecule has 1 atom stereocenters. The first-order valence-corrected chi connectivity index (χ1v) is 8.09. The van der Waals surface area contributed by atoms with E-state index in [2.05, 4.69) is 5.32 Å². The molecule has 2 heterocycles. The van der Waals surface area contributed by atoms with Gasteiger partial charge in [-0.3, -0.25) is 4.21 Å². The van der Waals surface area contributed by atoms with Crippen LogP contribution in [0.25, 0.3) is 0 Å². The summed E-state index contributed by atoms with van der Waals surface area (Å²) in [6.45, 7) is 2.07. The lowest BCUT2D eigenvalue weighted by Crippen LogP contribution is -2.56. The quantitative estimate of drug-likeness (QED) is 0.776. The third-order valence-electron chi connectivity index (χ3n) is 4.06. The molecule has 2 rings (SSSR count). The van der Waals surface area contributed by atoms with Gasteiger partial charge < -0.3 is 15.3 Å². The summed E-state index contributed by atoms with van der Waals surface area (Å²) in [5.74, 6) is 0.271. The van der Waals surface area contributed by atoms with Crippen molar-refractivity contribution in [2.45, 2.75) is 44.2 Å². The van der Waals surface area contributed by atoms with E-state index in [1.807, 2.05) is 0 Å². The average Bonchev–Trinajstić information content (AvgIpc) is 2.76. The Morgan fingerprint density at radius 3 is 2.58 bits per heavy atom. The summed E-state index contributed by atoms with van der Waals surface area (Å²) < 4.78 is 11.3. The first-order valence-electron chi connectivity index (χ1n) is 6.60. The molecule has 7 heteroatoms. The number of carboxylic acids is 1. The number of carbonyl (C=O) groups excluding carboxylic acids is 1. The topological polar surface area (TPSA) is 86.7 Å². The van der Waals surface area contributed by atoms with Crippen LogP contribution in [0.5, 0.6) is 0 Å². The number of amides is 2. The predicted molar refractivity (Wildman–Crippen MR) is 71.4 cm³/mol. The smallest absolute Gasteiger partial charge is 0.329 e. The lowest BCUT2D eigenvalue weighted by molar-refractivity contribution is -0.147. The summed E-state index contributed by atoms with van der Waals surface area (Å²) >= 11 is 0. The summed E-state index contributed by atoms with van der Waals surface area (Å²) in [5.41, 5.74) is -1.10. The normalized spacial score (nSPS) is 35.1. The number of hydrogen-bond acceptors (Lipinski definition) is 3. The number of aliphatic carboxylic acids is 1. The standard InChI is InChI=1S/C12H20N2O4S/c1-12(10(15)16)5-2-6-14(12)11(17)13-9-3-7-19(18)8-4-9/h9H,2-8H2,1H3,(H,13,17)(H,15,16). The van der Waals surface area contributed by atoms with Crippen molar-refractivity contribution in [3.05, 3.63) is 0 Å². The summed E-state index contributed by atoms with van der Waals surface area (Å²) in [5, 5.41) is 12.2. The number of nitrogens with zero attached hydrogens (tertiary/aromatic N) is 1. The second kappa shape index (κ2) is 5.48. The molecule has 0 spiro atoms. The van der Waals surface area contributed by atoms with Crippen LogP contribution in [-0.2, 0) is 15.6 Å². The van der Waals surface area contributed by atoms with Gasteiger partial charge in [0.05, 0.1) is 0 Å². The zero-order valence-electron chi connectivity index (χ0n) is 11.1. The van der Waals surface area contributed by atoms with E-state index in [0.717, 1.165) is 0 Å². The second-order valence-corrected chi connectivity index (χ2v) is 7.10. The second-order valence-electron chi connectivity index (χ2n) is 5.41. The van der Waals surface area contributed by atoms with Gasteiger partial charge in [0, 0.05) is 34.9 Å². The van der Waals surface area contributed by atoms with Crippen LogP contribution in [-0.4, -0.2) is 55.8 Å². The van der Waals surface area contributed by atoms with Crippen molar-refractivity contribution in [1.82, 2.24) is 10.2 Å². The molecule has 0 aromatic carbocycles. The largest absolute Gasteiger partial charge is 0.480 e. The maximum absolute atomic E-state index is 12.2. The van der Waals surface area contributed by atoms with Gasteiger partial charge in [0.2, 0.25) is 0 Å². The molecule has 0 saturated carbocycles. The molecule has 108 valence electrons. The summed E-state index contributed by atoms with van der Waals surface area (Å²) in [7, 11) is -0.759. The Morgan fingerprint density at radius 2 is 2.00 bits per heavy atom. The third kappa shape index (κ3) is 2.91. The van der Waals surface area contributed by atoms with Crippen LogP contribution >= 0.6 is 0 Å². The van der Waals surface area contributed by atoms with Crippen molar-refractivity contribution < 1.29 is 18.9 Å². The van der Waals surface area contributed by atoms with E-state index >= 15 is 0 Å². The highest BCUT2D eigenvalue weighted by Gasteiger charge is 2.46. The fourth-order valence-electron chi connectivity index (χ4n) is 2.70. The lowest BCUT2D eigenvalue weighted by Gasteiger charge is -2.33. The zero-order chi connectivity index (χ0) is 14.0. The molecule has 2 N–H and O–H groups in total. The number of rotatable bonds is 2. The monoisotopic (exact) mass is 288 g/mol. The van der Waals surface area contributed by atoms with Crippen LogP contribution in [0, 0.1) is 0 Å². The molecule has 0 bridgehead atoms. The van der Waals surface area contributed by atoms with E-state index in [1.54, 1.807) is 6.92 Å². The highest BCUT2D eigenvalue weighted by atomic mass is 32.2. The van der Waals surface area contributed by atoms with Crippen LogP contribution in [0.1, 0.15) is 32.6 Å². The van der Waals surface area contributed by atoms with Crippen LogP contribution in [0.15, 0.2) is 0 Å². The summed E-state index contributed by atoms with van der Waals surface area (Å²) in [6.07, 6.45) is 2.61. The molecule has 0 radical (unpaired) electrons. The number of carboxylic acid groups (broad SMARTS) is 1. The van der Waals surface area contributed by atoms with Gasteiger partial charge in [-0.25, -0.2) is 9.59 Å². The SMILES string of the molecule is CC1(C(=O)O)CCCN1C(=O)NC1CCS(=O)CC1. The first-order chi connectivity index (χ1) is 8.93. The number of carbonyl (C=O) groups is 2. The molecule has 0 aromatic rings. The molecule has 2 fully saturated rings. The fraction of sp³-hybridized carbons (Fsp3) is 0.833. The lowest BCUT2D eigenvalue weighted by atomic mass is 10.00. The Hall–Kier alpha value is -1.11. The van der Waals surface area contributed by atoms with E-state index in [1.165, 1.54) is 4.90 Å². The van der Waals surface area contributed by atoms with E-state index in [-0.39, 0.29) is 12.1 Å². The molecule has 2 amide bonds. The zero-order valence-corrected chi connectivity index (χ0v) is 11.9. The molecule has 19 heavy (non-hydrogen) atoms. The van der Waals surface area contributed by atoms with Gasteiger partial charge in [-0.05, 0) is 32.6 Å². The van der Waals surface area contributed by atoms with Crippen molar-refractivity contribution in [2.75, 3.05) is 18.1 Å². The van der Waals surface area contributed by atoms with Crippen molar-refractivity contribution in [3.8, 4) is 0 Å². The minimum atomic E-state index is -1.10. The van der Waals surface area contributed by atoms with Crippen LogP contribution in [0.2, 0.25) is 0 Å². The van der Waals surface area contributed by atoms with Crippen molar-refractivity contribution in [3.63, 3.8) is 0 Å². The molecule has 6 nitrogen and oxygen atoms in total. The highest BCUT2D eigenvalue weighted by Crippen LogP contribution is 2.29. The maximum atomic E-state index is 12.2. The van der Waals surface area contributed by atoms with Gasteiger partial charge in [0.25, 0.3) is 0 Å². The molecule has 2 aliphatic heterocycles. The Labute approximate surface area is 115 Å². The van der Waals surface area contributed by atoms with Gasteiger partial charge in [-0.1, -0.05) is 0 Å². The minimum Gasteiger partial charge on any atom is -0.480 e. The number of likely N-dealkylation sites (tertiary alicyclic amines) is 1. The van der Waals surface area contributed by atoms with E-state index in [9.17, 15) is 18.9 Å². The Bertz CT molecular complexity index is 405. The summed E-state index contributed by atoms with van der Waals surface area (Å²) in [6, 6.07) is -0.288. The molecule has 2 aliphatic rings. The molecular formula is C12H20N2O4S. The van der Waals surface area contributed by atoms with Gasteiger partial charge in [-0.2, -0.15) is 0 Å². The first kappa shape index (κ1) is 14.3. The van der Waals surface area contributed by atoms with Gasteiger partial charge in [0.15, 0.2) is 0 Å². The van der Waals surface area contributed by atoms with Crippen LogP contribution in [0.3, 0.4) is 0 Å². The number of hydrogen-bond donors (Lipinski definition) is 2. The van der Waals surface area contributed by atoms with Crippen LogP contribution < -0.4 is 5.32 Å². The van der Waals surface area contributed by atoms with Crippen molar-refractivity contribution >= 4 is 22.8 Å². The van der Waals surface area contributed by atoms with E-state index in [0.29, 0.717) is 43.7 Å². The van der Waals surface area contributed by atoms with E-state index < -0.39 is 22.3 Å². The molecule has 0 aromatic heterocycles. The van der Waals surface area contributed by atoms with Gasteiger partial charge >= 0.3 is 12.0 Å². The molecule has 2 saturated heterocycles. The minimum absolute atomic E-state index is 0.0174. The Morgan fingerprint density at radius 1 is 1.37 bits per heavy atom. The number of nitrogens with one attached hydrogen (secondary N) is 1. The Balaban J connectivity index is 1.96.